The molecule has 176 valence electrons. The highest BCUT2D eigenvalue weighted by atomic mass is 127. The second kappa shape index (κ2) is 13.5. The molecule has 0 aromatic heterocycles. The van der Waals surface area contributed by atoms with E-state index in [-0.39, 0.29) is 29.7 Å². The van der Waals surface area contributed by atoms with Crippen molar-refractivity contribution < 1.29 is 9.84 Å². The number of nitrogens with zero attached hydrogens (tertiary/aromatic N) is 2. The van der Waals surface area contributed by atoms with E-state index in [0.717, 1.165) is 50.5 Å². The molecule has 0 saturated carbocycles. The maximum atomic E-state index is 9.88. The first-order valence-electron chi connectivity index (χ1n) is 11.4. The van der Waals surface area contributed by atoms with Gasteiger partial charge in [-0.15, -0.1) is 24.0 Å². The van der Waals surface area contributed by atoms with E-state index in [4.69, 9.17) is 9.73 Å². The quantitative estimate of drug-likeness (QED) is 0.257. The molecular weight excluding hydrogens is 515 g/mol. The summed E-state index contributed by atoms with van der Waals surface area (Å²) in [6.45, 7) is 11.2. The molecule has 6 nitrogen and oxygen atoms in total. The lowest BCUT2D eigenvalue weighted by Gasteiger charge is -2.33. The second-order valence-corrected chi connectivity index (χ2v) is 8.05. The van der Waals surface area contributed by atoms with Gasteiger partial charge in [0.25, 0.3) is 0 Å². The van der Waals surface area contributed by atoms with Crippen LogP contribution in [0, 0.1) is 6.92 Å². The summed E-state index contributed by atoms with van der Waals surface area (Å²) in [5.41, 5.74) is 3.79. The molecule has 3 N–H and O–H groups in total. The standard InChI is InChI=1S/C25H36N4O2.HI/c1-4-26-25(27-17-20-10-11-23(30)24(16-20)31-5-2)28-22-12-14-29(15-13-22)18-21-9-7-6-8-19(21)3;/h6-11,16,22,30H,4-5,12-15,17-18H2,1-3H3,(H2,26,27,28);1H. The Morgan fingerprint density at radius 1 is 1.16 bits per heavy atom. The van der Waals surface area contributed by atoms with E-state index in [1.807, 2.05) is 19.1 Å². The fourth-order valence-corrected chi connectivity index (χ4v) is 3.88. The highest BCUT2D eigenvalue weighted by molar-refractivity contribution is 14.0. The van der Waals surface area contributed by atoms with Crippen LogP contribution in [0.5, 0.6) is 11.5 Å². The van der Waals surface area contributed by atoms with Crippen molar-refractivity contribution in [2.24, 2.45) is 4.99 Å². The van der Waals surface area contributed by atoms with Crippen molar-refractivity contribution in [2.75, 3.05) is 26.2 Å². The van der Waals surface area contributed by atoms with Gasteiger partial charge in [0, 0.05) is 32.2 Å². The summed E-state index contributed by atoms with van der Waals surface area (Å²) in [7, 11) is 0. The Labute approximate surface area is 209 Å². The summed E-state index contributed by atoms with van der Waals surface area (Å²) in [5, 5.41) is 16.8. The Kier molecular flexibility index (Phi) is 11.1. The van der Waals surface area contributed by atoms with E-state index < -0.39 is 0 Å². The number of phenolic OH excluding ortho intramolecular Hbond substituents is 1. The fraction of sp³-hybridized carbons (Fsp3) is 0.480. The lowest BCUT2D eigenvalue weighted by molar-refractivity contribution is 0.198. The van der Waals surface area contributed by atoms with E-state index in [2.05, 4.69) is 53.6 Å². The van der Waals surface area contributed by atoms with Crippen molar-refractivity contribution in [2.45, 2.75) is 52.7 Å². The average molecular weight is 553 g/mol. The van der Waals surface area contributed by atoms with Gasteiger partial charge in [-0.05, 0) is 62.4 Å². The molecule has 1 aliphatic heterocycles. The van der Waals surface area contributed by atoms with Crippen LogP contribution < -0.4 is 15.4 Å². The first kappa shape index (κ1) is 26.3. The van der Waals surface area contributed by atoms with E-state index in [1.165, 1.54) is 11.1 Å². The van der Waals surface area contributed by atoms with Gasteiger partial charge in [0.1, 0.15) is 0 Å². The highest BCUT2D eigenvalue weighted by Crippen LogP contribution is 2.27. The first-order chi connectivity index (χ1) is 15.1. The molecule has 0 amide bonds. The number of hydrogen-bond acceptors (Lipinski definition) is 4. The molecule has 1 heterocycles. The Bertz CT molecular complexity index is 867. The molecule has 0 atom stereocenters. The molecule has 0 unspecified atom stereocenters. The van der Waals surface area contributed by atoms with Crippen LogP contribution in [0.1, 0.15) is 43.4 Å². The molecular formula is C25H37IN4O2. The Morgan fingerprint density at radius 3 is 2.59 bits per heavy atom. The zero-order chi connectivity index (χ0) is 22.1. The highest BCUT2D eigenvalue weighted by Gasteiger charge is 2.20. The third kappa shape index (κ3) is 7.85. The van der Waals surface area contributed by atoms with E-state index >= 15 is 0 Å². The molecule has 0 spiro atoms. The van der Waals surface area contributed by atoms with E-state index in [1.54, 1.807) is 6.07 Å². The van der Waals surface area contributed by atoms with Crippen LogP contribution in [0.4, 0.5) is 0 Å². The number of rotatable bonds is 8. The van der Waals surface area contributed by atoms with Gasteiger partial charge in [-0.1, -0.05) is 30.3 Å². The van der Waals surface area contributed by atoms with Crippen molar-refractivity contribution in [3.05, 3.63) is 59.2 Å². The molecule has 2 aromatic rings. The molecule has 1 aliphatic rings. The maximum Gasteiger partial charge on any atom is 0.191 e. The minimum atomic E-state index is 0. The number of aliphatic imine (C=N–C) groups is 1. The van der Waals surface area contributed by atoms with Crippen LogP contribution in [0.3, 0.4) is 0 Å². The molecule has 3 rings (SSSR count). The lowest BCUT2D eigenvalue weighted by Crippen LogP contribution is -2.48. The second-order valence-electron chi connectivity index (χ2n) is 8.05. The number of guanidine groups is 1. The van der Waals surface area contributed by atoms with Crippen molar-refractivity contribution in [1.82, 2.24) is 15.5 Å². The van der Waals surface area contributed by atoms with Gasteiger partial charge in [-0.2, -0.15) is 0 Å². The van der Waals surface area contributed by atoms with Gasteiger partial charge in [0.15, 0.2) is 17.5 Å². The third-order valence-corrected chi connectivity index (χ3v) is 5.67. The van der Waals surface area contributed by atoms with Crippen LogP contribution in [-0.4, -0.2) is 48.2 Å². The van der Waals surface area contributed by atoms with Gasteiger partial charge in [0.2, 0.25) is 0 Å². The summed E-state index contributed by atoms with van der Waals surface area (Å²) in [5.74, 6) is 1.51. The van der Waals surface area contributed by atoms with Crippen LogP contribution in [0.25, 0.3) is 0 Å². The Hall–Kier alpha value is -2.00. The number of aromatic hydroxyl groups is 1. The summed E-state index contributed by atoms with van der Waals surface area (Å²) in [6, 6.07) is 14.5. The maximum absolute atomic E-state index is 9.88. The predicted molar refractivity (Wildman–Crippen MR) is 142 cm³/mol. The number of nitrogens with one attached hydrogen (secondary N) is 2. The first-order valence-corrected chi connectivity index (χ1v) is 11.4. The number of phenols is 1. The zero-order valence-corrected chi connectivity index (χ0v) is 21.8. The normalized spacial score (nSPS) is 15.2. The SMILES string of the molecule is CCNC(=NCc1ccc(O)c(OCC)c1)NC1CCN(Cc2ccccc2C)CC1.I. The summed E-state index contributed by atoms with van der Waals surface area (Å²) in [4.78, 5) is 7.29. The minimum absolute atomic E-state index is 0. The number of benzene rings is 2. The van der Waals surface area contributed by atoms with Crippen LogP contribution >= 0.6 is 24.0 Å². The smallest absolute Gasteiger partial charge is 0.191 e. The summed E-state index contributed by atoms with van der Waals surface area (Å²) < 4.78 is 5.48. The summed E-state index contributed by atoms with van der Waals surface area (Å²) >= 11 is 0. The molecule has 1 saturated heterocycles. The van der Waals surface area contributed by atoms with Crippen molar-refractivity contribution >= 4 is 29.9 Å². The molecule has 32 heavy (non-hydrogen) atoms. The van der Waals surface area contributed by atoms with Crippen molar-refractivity contribution in [3.63, 3.8) is 0 Å². The lowest BCUT2D eigenvalue weighted by atomic mass is 10.0. The third-order valence-electron chi connectivity index (χ3n) is 5.67. The molecule has 0 aliphatic carbocycles. The number of piperidine rings is 1. The number of ether oxygens (including phenoxy) is 1. The minimum Gasteiger partial charge on any atom is -0.504 e. The van der Waals surface area contributed by atoms with Crippen LogP contribution in [-0.2, 0) is 13.1 Å². The number of aryl methyl sites for hydroxylation is 1. The van der Waals surface area contributed by atoms with Crippen LogP contribution in [0.2, 0.25) is 0 Å². The van der Waals surface area contributed by atoms with Gasteiger partial charge >= 0.3 is 0 Å². The van der Waals surface area contributed by atoms with Gasteiger partial charge in [-0.25, -0.2) is 4.99 Å². The van der Waals surface area contributed by atoms with Gasteiger partial charge in [0.05, 0.1) is 13.2 Å². The van der Waals surface area contributed by atoms with E-state index in [0.29, 0.717) is 24.9 Å². The number of hydrogen-bond donors (Lipinski definition) is 3. The molecule has 0 bridgehead atoms. The average Bonchev–Trinajstić information content (AvgIpc) is 2.77. The number of halogens is 1. The molecule has 0 radical (unpaired) electrons. The van der Waals surface area contributed by atoms with E-state index in [9.17, 15) is 5.11 Å². The topological polar surface area (TPSA) is 69.1 Å². The largest absolute Gasteiger partial charge is 0.504 e. The van der Waals surface area contributed by atoms with Crippen molar-refractivity contribution in [3.8, 4) is 11.5 Å². The van der Waals surface area contributed by atoms with Gasteiger partial charge < -0.3 is 20.5 Å². The monoisotopic (exact) mass is 552 g/mol. The number of likely N-dealkylation sites (tertiary alicyclic amines) is 1. The van der Waals surface area contributed by atoms with Crippen molar-refractivity contribution in [1.29, 1.82) is 0 Å². The molecule has 2 aromatic carbocycles. The van der Waals surface area contributed by atoms with Gasteiger partial charge in [-0.3, -0.25) is 4.90 Å². The predicted octanol–water partition coefficient (Wildman–Crippen LogP) is 4.44. The summed E-state index contributed by atoms with van der Waals surface area (Å²) in [6.07, 6.45) is 2.20. The Balaban J connectivity index is 0.00000363. The fourth-order valence-electron chi connectivity index (χ4n) is 3.88. The zero-order valence-electron chi connectivity index (χ0n) is 19.4. The molecule has 1 fully saturated rings. The molecule has 7 heteroatoms. The Morgan fingerprint density at radius 2 is 1.91 bits per heavy atom. The van der Waals surface area contributed by atoms with Crippen LogP contribution in [0.15, 0.2) is 47.5 Å².